The fraction of sp³-hybridized carbons (Fsp3) is 0.167. The summed E-state index contributed by atoms with van der Waals surface area (Å²) in [6.45, 7) is 2.09. The van der Waals surface area contributed by atoms with E-state index in [1.807, 2.05) is 30.3 Å². The number of rotatable bonds is 3. The lowest BCUT2D eigenvalue weighted by molar-refractivity contribution is 0.907. The molecule has 0 fully saturated rings. The minimum Gasteiger partial charge on any atom is -0.377 e. The van der Waals surface area contributed by atoms with Crippen LogP contribution in [0.1, 0.15) is 17.8 Å². The summed E-state index contributed by atoms with van der Waals surface area (Å²) in [5.74, 6) is 0. The van der Waals surface area contributed by atoms with Crippen LogP contribution in [0.25, 0.3) is 0 Å². The summed E-state index contributed by atoms with van der Waals surface area (Å²) in [7, 11) is 0. The van der Waals surface area contributed by atoms with Crippen molar-refractivity contribution in [3.05, 3.63) is 49.0 Å². The molecular formula is C12H10BrCl2NS. The lowest BCUT2D eigenvalue weighted by Gasteiger charge is -2.15. The van der Waals surface area contributed by atoms with Crippen LogP contribution in [0.4, 0.5) is 5.69 Å². The smallest absolute Gasteiger partial charge is 0.0932 e. The fourth-order valence-corrected chi connectivity index (χ4v) is 3.07. The van der Waals surface area contributed by atoms with E-state index in [0.29, 0.717) is 5.02 Å². The molecular weight excluding hydrogens is 341 g/mol. The van der Waals surface area contributed by atoms with E-state index < -0.39 is 0 Å². The molecule has 1 heterocycles. The van der Waals surface area contributed by atoms with Gasteiger partial charge in [0.15, 0.2) is 0 Å². The van der Waals surface area contributed by atoms with E-state index in [-0.39, 0.29) is 6.04 Å². The summed E-state index contributed by atoms with van der Waals surface area (Å²) in [4.78, 5) is 1.20. The van der Waals surface area contributed by atoms with Crippen LogP contribution in [0.3, 0.4) is 0 Å². The first kappa shape index (κ1) is 13.2. The Kier molecular flexibility index (Phi) is 4.36. The summed E-state index contributed by atoms with van der Waals surface area (Å²) in [6, 6.07) is 9.82. The SMILES string of the molecule is CC(Nc1cc(Cl)ccc1Br)c1ccc(Cl)s1. The minimum atomic E-state index is 0.197. The van der Waals surface area contributed by atoms with Crippen molar-refractivity contribution in [3.63, 3.8) is 0 Å². The Morgan fingerprint density at radius 1 is 1.24 bits per heavy atom. The molecule has 17 heavy (non-hydrogen) atoms. The first-order valence-electron chi connectivity index (χ1n) is 5.03. The highest BCUT2D eigenvalue weighted by molar-refractivity contribution is 9.10. The molecule has 1 aromatic heterocycles. The molecule has 2 rings (SSSR count). The van der Waals surface area contributed by atoms with Gasteiger partial charge in [0.2, 0.25) is 0 Å². The van der Waals surface area contributed by atoms with Gasteiger partial charge in [-0.1, -0.05) is 23.2 Å². The molecule has 1 aromatic carbocycles. The normalized spacial score (nSPS) is 12.5. The molecule has 0 spiro atoms. The number of benzene rings is 1. The molecule has 0 radical (unpaired) electrons. The Balaban J connectivity index is 2.18. The molecule has 1 nitrogen and oxygen atoms in total. The highest BCUT2D eigenvalue weighted by atomic mass is 79.9. The largest absolute Gasteiger partial charge is 0.377 e. The fourth-order valence-electron chi connectivity index (χ4n) is 1.47. The zero-order valence-corrected chi connectivity index (χ0v) is 12.9. The molecule has 1 N–H and O–H groups in total. The third-order valence-corrected chi connectivity index (χ3v) is 4.66. The Morgan fingerprint density at radius 2 is 2.00 bits per heavy atom. The quantitative estimate of drug-likeness (QED) is 0.716. The van der Waals surface area contributed by atoms with Crippen molar-refractivity contribution in [2.45, 2.75) is 13.0 Å². The third-order valence-electron chi connectivity index (χ3n) is 2.32. The average Bonchev–Trinajstić information content (AvgIpc) is 2.70. The molecule has 0 aliphatic rings. The van der Waals surface area contributed by atoms with Crippen LogP contribution in [-0.4, -0.2) is 0 Å². The van der Waals surface area contributed by atoms with Gasteiger partial charge < -0.3 is 5.32 Å². The summed E-state index contributed by atoms with van der Waals surface area (Å²) in [5, 5.41) is 4.12. The van der Waals surface area contributed by atoms with Gasteiger partial charge in [0.05, 0.1) is 16.1 Å². The zero-order valence-electron chi connectivity index (χ0n) is 9.01. The molecule has 1 atom stereocenters. The lowest BCUT2D eigenvalue weighted by atomic mass is 10.2. The number of anilines is 1. The summed E-state index contributed by atoms with van der Waals surface area (Å²) >= 11 is 17.0. The first-order valence-corrected chi connectivity index (χ1v) is 7.39. The predicted molar refractivity (Wildman–Crippen MR) is 80.5 cm³/mol. The van der Waals surface area contributed by atoms with Gasteiger partial charge in [-0.05, 0) is 53.2 Å². The first-order chi connectivity index (χ1) is 8.06. The van der Waals surface area contributed by atoms with Gasteiger partial charge in [0.25, 0.3) is 0 Å². The van der Waals surface area contributed by atoms with E-state index in [9.17, 15) is 0 Å². The molecule has 0 amide bonds. The van der Waals surface area contributed by atoms with Gasteiger partial charge in [0.1, 0.15) is 0 Å². The Hall–Kier alpha value is -0.220. The molecule has 0 bridgehead atoms. The van der Waals surface area contributed by atoms with Crippen LogP contribution in [0.15, 0.2) is 34.8 Å². The van der Waals surface area contributed by atoms with Gasteiger partial charge in [-0.15, -0.1) is 11.3 Å². The molecule has 2 aromatic rings. The van der Waals surface area contributed by atoms with E-state index in [2.05, 4.69) is 28.2 Å². The second-order valence-electron chi connectivity index (χ2n) is 3.63. The van der Waals surface area contributed by atoms with Crippen LogP contribution < -0.4 is 5.32 Å². The van der Waals surface area contributed by atoms with Crippen molar-refractivity contribution in [2.24, 2.45) is 0 Å². The van der Waals surface area contributed by atoms with Gasteiger partial charge in [0, 0.05) is 14.4 Å². The predicted octanol–water partition coefficient (Wildman–Crippen LogP) is 5.99. The summed E-state index contributed by atoms with van der Waals surface area (Å²) < 4.78 is 1.80. The maximum Gasteiger partial charge on any atom is 0.0932 e. The topological polar surface area (TPSA) is 12.0 Å². The van der Waals surface area contributed by atoms with Crippen molar-refractivity contribution in [1.29, 1.82) is 0 Å². The van der Waals surface area contributed by atoms with E-state index in [0.717, 1.165) is 14.5 Å². The number of hydrogen-bond donors (Lipinski definition) is 1. The van der Waals surface area contributed by atoms with E-state index in [4.69, 9.17) is 23.2 Å². The minimum absolute atomic E-state index is 0.197. The molecule has 0 saturated carbocycles. The summed E-state index contributed by atoms with van der Waals surface area (Å²) in [6.07, 6.45) is 0. The van der Waals surface area contributed by atoms with Crippen molar-refractivity contribution in [3.8, 4) is 0 Å². The molecule has 0 aliphatic carbocycles. The van der Waals surface area contributed by atoms with Crippen molar-refractivity contribution < 1.29 is 0 Å². The Morgan fingerprint density at radius 3 is 2.65 bits per heavy atom. The average molecular weight is 351 g/mol. The monoisotopic (exact) mass is 349 g/mol. The molecule has 0 saturated heterocycles. The van der Waals surface area contributed by atoms with E-state index in [1.165, 1.54) is 4.88 Å². The van der Waals surface area contributed by atoms with E-state index in [1.54, 1.807) is 11.3 Å². The van der Waals surface area contributed by atoms with Gasteiger partial charge >= 0.3 is 0 Å². The molecule has 90 valence electrons. The maximum atomic E-state index is 5.97. The van der Waals surface area contributed by atoms with Crippen molar-refractivity contribution in [2.75, 3.05) is 5.32 Å². The zero-order chi connectivity index (χ0) is 12.4. The van der Waals surface area contributed by atoms with Crippen LogP contribution in [0.5, 0.6) is 0 Å². The number of halogens is 3. The highest BCUT2D eigenvalue weighted by Crippen LogP contribution is 2.32. The van der Waals surface area contributed by atoms with Gasteiger partial charge in [-0.2, -0.15) is 0 Å². The second kappa shape index (κ2) is 5.61. The second-order valence-corrected chi connectivity index (χ2v) is 6.67. The van der Waals surface area contributed by atoms with Gasteiger partial charge in [-0.25, -0.2) is 0 Å². The number of hydrogen-bond acceptors (Lipinski definition) is 2. The maximum absolute atomic E-state index is 5.97. The Labute approximate surface area is 123 Å². The molecule has 5 heteroatoms. The van der Waals surface area contributed by atoms with Crippen LogP contribution in [0.2, 0.25) is 9.36 Å². The lowest BCUT2D eigenvalue weighted by Crippen LogP contribution is -2.05. The Bertz CT molecular complexity index is 527. The van der Waals surface area contributed by atoms with Crippen LogP contribution >= 0.6 is 50.5 Å². The van der Waals surface area contributed by atoms with Crippen molar-refractivity contribution >= 4 is 56.2 Å². The number of thiophene rings is 1. The third kappa shape index (κ3) is 3.38. The standard InChI is InChI=1S/C12H10BrCl2NS/c1-7(11-4-5-12(15)17-11)16-10-6-8(14)2-3-9(10)13/h2-7,16H,1H3. The van der Waals surface area contributed by atoms with Crippen LogP contribution in [0, 0.1) is 0 Å². The summed E-state index contributed by atoms with van der Waals surface area (Å²) in [5.41, 5.74) is 0.981. The van der Waals surface area contributed by atoms with E-state index >= 15 is 0 Å². The number of nitrogens with one attached hydrogen (secondary N) is 1. The van der Waals surface area contributed by atoms with Gasteiger partial charge in [-0.3, -0.25) is 0 Å². The molecule has 0 aliphatic heterocycles. The molecule has 1 unspecified atom stereocenters. The van der Waals surface area contributed by atoms with Crippen LogP contribution in [-0.2, 0) is 0 Å². The van der Waals surface area contributed by atoms with Crippen molar-refractivity contribution in [1.82, 2.24) is 0 Å². The highest BCUT2D eigenvalue weighted by Gasteiger charge is 2.10.